The normalized spacial score (nSPS) is 17.5. The number of nitrogens with one attached hydrogen (secondary N) is 1. The van der Waals surface area contributed by atoms with E-state index in [-0.39, 0.29) is 5.91 Å². The van der Waals surface area contributed by atoms with Gasteiger partial charge in [-0.2, -0.15) is 0 Å². The molecule has 2 heterocycles. The topological polar surface area (TPSA) is 58.1 Å². The van der Waals surface area contributed by atoms with E-state index in [0.717, 1.165) is 28.1 Å². The first-order valence-electron chi connectivity index (χ1n) is 8.91. The number of thioether (sulfide) groups is 1. The van der Waals surface area contributed by atoms with Gasteiger partial charge in [-0.25, -0.2) is 0 Å². The van der Waals surface area contributed by atoms with Gasteiger partial charge in [0.2, 0.25) is 11.0 Å². The zero-order chi connectivity index (χ0) is 17.1. The average Bonchev–Trinajstić information content (AvgIpc) is 3.27. The summed E-state index contributed by atoms with van der Waals surface area (Å²) in [5.74, 6) is 0.554. The minimum absolute atomic E-state index is 0.145. The molecule has 0 unspecified atom stereocenters. The number of amides is 1. The zero-order valence-electron chi connectivity index (χ0n) is 14.1. The van der Waals surface area contributed by atoms with Gasteiger partial charge in [0.1, 0.15) is 0 Å². The molecule has 1 N–H and O–H groups in total. The molecular formula is C18H22N4OS2. The molecule has 1 aliphatic heterocycles. The molecule has 25 heavy (non-hydrogen) atoms. The predicted octanol–water partition coefficient (Wildman–Crippen LogP) is 3.96. The summed E-state index contributed by atoms with van der Waals surface area (Å²) >= 11 is 3.04. The monoisotopic (exact) mass is 374 g/mol. The van der Waals surface area contributed by atoms with Crippen molar-refractivity contribution < 1.29 is 4.79 Å². The third-order valence-corrected chi connectivity index (χ3v) is 6.82. The van der Waals surface area contributed by atoms with E-state index in [9.17, 15) is 4.79 Å². The smallest absolute Gasteiger partial charge is 0.237 e. The first-order chi connectivity index (χ1) is 12.3. The van der Waals surface area contributed by atoms with Crippen molar-refractivity contribution in [2.75, 3.05) is 22.5 Å². The maximum absolute atomic E-state index is 12.6. The number of anilines is 2. The molecule has 5 nitrogen and oxygen atoms in total. The highest BCUT2D eigenvalue weighted by Crippen LogP contribution is 2.31. The molecule has 0 radical (unpaired) electrons. The molecule has 1 aliphatic carbocycles. The van der Waals surface area contributed by atoms with Crippen LogP contribution in [-0.4, -0.2) is 34.4 Å². The number of fused-ring (bicyclic) bond motifs is 1. The predicted molar refractivity (Wildman–Crippen MR) is 104 cm³/mol. The van der Waals surface area contributed by atoms with E-state index in [4.69, 9.17) is 0 Å². The number of nitrogens with zero attached hydrogens (tertiary/aromatic N) is 3. The first-order valence-corrected chi connectivity index (χ1v) is 10.7. The minimum atomic E-state index is 0.145. The second-order valence-electron chi connectivity index (χ2n) is 6.57. The fraction of sp³-hybridized carbons (Fsp3) is 0.500. The molecule has 132 valence electrons. The van der Waals surface area contributed by atoms with Crippen molar-refractivity contribution in [2.45, 2.75) is 48.9 Å². The number of benzene rings is 1. The summed E-state index contributed by atoms with van der Waals surface area (Å²) in [5.41, 5.74) is 2.32. The number of carbonyl (C=O) groups excluding carboxylic acids is 1. The Hall–Kier alpha value is -1.60. The minimum Gasteiger partial charge on any atom is -0.357 e. The van der Waals surface area contributed by atoms with Crippen LogP contribution in [0.2, 0.25) is 0 Å². The van der Waals surface area contributed by atoms with E-state index in [1.54, 1.807) is 11.3 Å². The number of aromatic nitrogens is 2. The maximum Gasteiger partial charge on any atom is 0.237 e. The maximum atomic E-state index is 12.6. The molecule has 1 amide bonds. The van der Waals surface area contributed by atoms with Gasteiger partial charge in [-0.05, 0) is 30.9 Å². The van der Waals surface area contributed by atoms with Crippen LogP contribution in [0, 0.1) is 0 Å². The first kappa shape index (κ1) is 16.8. The fourth-order valence-electron chi connectivity index (χ4n) is 3.55. The van der Waals surface area contributed by atoms with E-state index in [1.165, 1.54) is 49.4 Å². The zero-order valence-corrected chi connectivity index (χ0v) is 15.7. The van der Waals surface area contributed by atoms with Gasteiger partial charge in [0.05, 0.1) is 5.75 Å². The Kier molecular flexibility index (Phi) is 5.22. The highest BCUT2D eigenvalue weighted by molar-refractivity contribution is 8.01. The van der Waals surface area contributed by atoms with E-state index >= 15 is 0 Å². The summed E-state index contributed by atoms with van der Waals surface area (Å²) in [4.78, 5) is 14.4. The van der Waals surface area contributed by atoms with Crippen LogP contribution in [0.1, 0.15) is 37.7 Å². The van der Waals surface area contributed by atoms with Crippen LogP contribution in [-0.2, 0) is 11.2 Å². The van der Waals surface area contributed by atoms with Crippen molar-refractivity contribution in [3.63, 3.8) is 0 Å². The van der Waals surface area contributed by atoms with Crippen molar-refractivity contribution in [3.8, 4) is 0 Å². The molecule has 0 atom stereocenters. The van der Waals surface area contributed by atoms with Crippen LogP contribution in [0.4, 0.5) is 10.8 Å². The quantitative estimate of drug-likeness (QED) is 0.803. The number of para-hydroxylation sites is 1. The van der Waals surface area contributed by atoms with E-state index in [0.29, 0.717) is 11.8 Å². The summed E-state index contributed by atoms with van der Waals surface area (Å²) < 4.78 is 0.860. The van der Waals surface area contributed by atoms with Crippen molar-refractivity contribution >= 4 is 39.8 Å². The van der Waals surface area contributed by atoms with E-state index in [1.807, 2.05) is 23.1 Å². The average molecular weight is 375 g/mol. The van der Waals surface area contributed by atoms with Gasteiger partial charge in [0, 0.05) is 18.3 Å². The van der Waals surface area contributed by atoms with Crippen LogP contribution in [0.3, 0.4) is 0 Å². The van der Waals surface area contributed by atoms with Crippen LogP contribution in [0.5, 0.6) is 0 Å². The van der Waals surface area contributed by atoms with Crippen molar-refractivity contribution in [1.29, 1.82) is 0 Å². The van der Waals surface area contributed by atoms with Gasteiger partial charge in [-0.15, -0.1) is 10.2 Å². The van der Waals surface area contributed by atoms with E-state index < -0.39 is 0 Å². The van der Waals surface area contributed by atoms with Crippen LogP contribution >= 0.6 is 23.1 Å². The molecule has 2 aromatic rings. The molecule has 1 aromatic carbocycles. The largest absolute Gasteiger partial charge is 0.357 e. The summed E-state index contributed by atoms with van der Waals surface area (Å²) in [6, 6.07) is 8.68. The lowest BCUT2D eigenvalue weighted by Gasteiger charge is -2.21. The number of hydrogen-bond acceptors (Lipinski definition) is 6. The van der Waals surface area contributed by atoms with Gasteiger partial charge >= 0.3 is 0 Å². The Morgan fingerprint density at radius 3 is 2.96 bits per heavy atom. The van der Waals surface area contributed by atoms with Gasteiger partial charge in [-0.1, -0.05) is 60.6 Å². The fourth-order valence-corrected chi connectivity index (χ4v) is 5.25. The Labute approximate surface area is 156 Å². The molecule has 0 bridgehead atoms. The second kappa shape index (κ2) is 7.74. The Balaban J connectivity index is 1.31. The standard InChI is InChI=1S/C18H22N4OS2/c23-16(22-11-10-13-6-4-5-9-15(13)22)12-24-18-21-20-17(25-18)19-14-7-2-1-3-8-14/h4-6,9,14H,1-3,7-8,10-12H2,(H,19,20). The number of rotatable bonds is 5. The molecule has 2 aliphatic rings. The Bertz CT molecular complexity index is 742. The molecule has 0 spiro atoms. The van der Waals surface area contributed by atoms with Gasteiger partial charge in [0.15, 0.2) is 4.34 Å². The second-order valence-corrected chi connectivity index (χ2v) is 8.77. The lowest BCUT2D eigenvalue weighted by Crippen LogP contribution is -2.30. The molecule has 1 saturated carbocycles. The SMILES string of the molecule is O=C(CSc1nnc(NC2CCCCC2)s1)N1CCc2ccccc21. The number of hydrogen-bond donors (Lipinski definition) is 1. The molecular weight excluding hydrogens is 352 g/mol. The summed E-state index contributed by atoms with van der Waals surface area (Å²) in [6.07, 6.45) is 7.32. The molecule has 0 saturated heterocycles. The Morgan fingerprint density at radius 2 is 2.08 bits per heavy atom. The van der Waals surface area contributed by atoms with Crippen molar-refractivity contribution in [3.05, 3.63) is 29.8 Å². The third-order valence-electron chi connectivity index (χ3n) is 4.85. The van der Waals surface area contributed by atoms with Crippen LogP contribution in [0.15, 0.2) is 28.6 Å². The summed E-state index contributed by atoms with van der Waals surface area (Å²) in [7, 11) is 0. The van der Waals surface area contributed by atoms with Crippen molar-refractivity contribution in [2.24, 2.45) is 0 Å². The highest BCUT2D eigenvalue weighted by Gasteiger charge is 2.24. The lowest BCUT2D eigenvalue weighted by molar-refractivity contribution is -0.116. The molecule has 1 aromatic heterocycles. The lowest BCUT2D eigenvalue weighted by atomic mass is 9.96. The molecule has 1 fully saturated rings. The third kappa shape index (κ3) is 3.98. The Morgan fingerprint density at radius 1 is 1.24 bits per heavy atom. The van der Waals surface area contributed by atoms with E-state index in [2.05, 4.69) is 21.6 Å². The number of carbonyl (C=O) groups is 1. The van der Waals surface area contributed by atoms with Gasteiger partial charge in [0.25, 0.3) is 0 Å². The van der Waals surface area contributed by atoms with Gasteiger partial charge in [-0.3, -0.25) is 4.79 Å². The van der Waals surface area contributed by atoms with Crippen LogP contribution < -0.4 is 10.2 Å². The summed E-state index contributed by atoms with van der Waals surface area (Å²) in [5, 5.41) is 12.8. The van der Waals surface area contributed by atoms with Gasteiger partial charge < -0.3 is 10.2 Å². The molecule has 7 heteroatoms. The highest BCUT2D eigenvalue weighted by atomic mass is 32.2. The molecule has 4 rings (SSSR count). The van der Waals surface area contributed by atoms with Crippen LogP contribution in [0.25, 0.3) is 0 Å². The van der Waals surface area contributed by atoms with Crippen molar-refractivity contribution in [1.82, 2.24) is 10.2 Å². The summed E-state index contributed by atoms with van der Waals surface area (Å²) in [6.45, 7) is 0.781.